The predicted molar refractivity (Wildman–Crippen MR) is 77.1 cm³/mol. The van der Waals surface area contributed by atoms with Crippen molar-refractivity contribution < 1.29 is 4.79 Å². The molecule has 1 aromatic rings. The van der Waals surface area contributed by atoms with Gasteiger partial charge in [0.2, 0.25) is 5.91 Å². The van der Waals surface area contributed by atoms with E-state index in [-0.39, 0.29) is 5.91 Å². The van der Waals surface area contributed by atoms with Crippen molar-refractivity contribution in [2.45, 2.75) is 25.3 Å². The molecule has 2 aliphatic heterocycles. The number of carbonyl (C=O) groups is 1. The molecule has 1 aromatic carbocycles. The minimum Gasteiger partial charge on any atom is -0.398 e. The van der Waals surface area contributed by atoms with Gasteiger partial charge >= 0.3 is 0 Å². The fourth-order valence-electron chi connectivity index (χ4n) is 3.18. The molecule has 3 rings (SSSR count). The average molecular weight is 270 g/mol. The number of nitrogen functional groups attached to an aromatic ring is 1. The molecule has 5 heteroatoms. The average Bonchev–Trinajstić information content (AvgIpc) is 2.47. The molecule has 2 atom stereocenters. The van der Waals surface area contributed by atoms with Crippen LogP contribution in [0.4, 0.5) is 11.4 Å². The van der Waals surface area contributed by atoms with Crippen LogP contribution < -0.4 is 16.0 Å². The summed E-state index contributed by atoms with van der Waals surface area (Å²) in [4.78, 5) is 13.7. The van der Waals surface area contributed by atoms with Crippen LogP contribution in [-0.2, 0) is 4.79 Å². The van der Waals surface area contributed by atoms with Crippen LogP contribution in [0.15, 0.2) is 18.2 Å². The van der Waals surface area contributed by atoms with Crippen LogP contribution in [0.3, 0.4) is 0 Å². The summed E-state index contributed by atoms with van der Waals surface area (Å²) in [5.41, 5.74) is 7.86. The molecule has 2 saturated heterocycles. The second-order valence-electron chi connectivity index (χ2n) is 5.59. The highest BCUT2D eigenvalue weighted by atomic mass is 16.1. The summed E-state index contributed by atoms with van der Waals surface area (Å²) < 4.78 is 0. The van der Waals surface area contributed by atoms with Gasteiger partial charge in [0.25, 0.3) is 0 Å². The summed E-state index contributed by atoms with van der Waals surface area (Å²) in [6.45, 7) is 1.83. The van der Waals surface area contributed by atoms with Gasteiger partial charge in [0, 0.05) is 36.9 Å². The highest BCUT2D eigenvalue weighted by Crippen LogP contribution is 2.30. The zero-order chi connectivity index (χ0) is 14.1. The molecular formula is C15H18N4O. The molecule has 2 aliphatic rings. The third kappa shape index (κ3) is 2.29. The van der Waals surface area contributed by atoms with E-state index in [2.05, 4.69) is 16.3 Å². The minimum atomic E-state index is 0.180. The molecule has 20 heavy (non-hydrogen) atoms. The Labute approximate surface area is 118 Å². The van der Waals surface area contributed by atoms with Crippen LogP contribution in [0.2, 0.25) is 0 Å². The second kappa shape index (κ2) is 5.04. The summed E-state index contributed by atoms with van der Waals surface area (Å²) in [7, 11) is 0. The zero-order valence-electron chi connectivity index (χ0n) is 11.3. The Hall–Kier alpha value is -2.22. The zero-order valence-corrected chi connectivity index (χ0v) is 11.3. The van der Waals surface area contributed by atoms with E-state index >= 15 is 0 Å². The minimum absolute atomic E-state index is 0.180. The van der Waals surface area contributed by atoms with Crippen molar-refractivity contribution in [3.8, 4) is 6.07 Å². The van der Waals surface area contributed by atoms with Gasteiger partial charge in [0.1, 0.15) is 6.07 Å². The van der Waals surface area contributed by atoms with E-state index in [0.717, 1.165) is 31.6 Å². The second-order valence-corrected chi connectivity index (χ2v) is 5.59. The summed E-state index contributed by atoms with van der Waals surface area (Å²) >= 11 is 0. The Morgan fingerprint density at radius 2 is 2.25 bits per heavy atom. The maximum Gasteiger partial charge on any atom is 0.220 e. The number of benzene rings is 1. The van der Waals surface area contributed by atoms with E-state index in [1.165, 1.54) is 0 Å². The SMILES string of the molecule is N#Cc1cc(N2CCC3NC(=O)CCC3C2)ccc1N. The lowest BCUT2D eigenvalue weighted by atomic mass is 9.85. The third-order valence-electron chi connectivity index (χ3n) is 4.35. The Balaban J connectivity index is 1.76. The topological polar surface area (TPSA) is 82.2 Å². The fourth-order valence-corrected chi connectivity index (χ4v) is 3.18. The van der Waals surface area contributed by atoms with Gasteiger partial charge in [-0.25, -0.2) is 0 Å². The van der Waals surface area contributed by atoms with Crippen molar-refractivity contribution in [2.75, 3.05) is 23.7 Å². The molecule has 1 amide bonds. The van der Waals surface area contributed by atoms with Crippen molar-refractivity contribution in [1.82, 2.24) is 5.32 Å². The molecule has 0 saturated carbocycles. The molecule has 0 aromatic heterocycles. The quantitative estimate of drug-likeness (QED) is 0.752. The number of carbonyl (C=O) groups excluding carboxylic acids is 1. The molecule has 5 nitrogen and oxygen atoms in total. The van der Waals surface area contributed by atoms with E-state index in [9.17, 15) is 4.79 Å². The molecule has 2 unspecified atom stereocenters. The van der Waals surface area contributed by atoms with E-state index in [1.54, 1.807) is 6.07 Å². The first kappa shape index (κ1) is 12.8. The molecule has 0 aliphatic carbocycles. The van der Waals surface area contributed by atoms with Crippen molar-refractivity contribution >= 4 is 17.3 Å². The van der Waals surface area contributed by atoms with Crippen LogP contribution >= 0.6 is 0 Å². The number of piperidine rings is 2. The number of fused-ring (bicyclic) bond motifs is 1. The number of rotatable bonds is 1. The van der Waals surface area contributed by atoms with Crippen LogP contribution in [0.5, 0.6) is 0 Å². The fraction of sp³-hybridized carbons (Fsp3) is 0.467. The highest BCUT2D eigenvalue weighted by Gasteiger charge is 2.33. The number of anilines is 2. The number of nitriles is 1. The maximum atomic E-state index is 11.4. The number of nitrogens with two attached hydrogens (primary N) is 1. The molecule has 0 spiro atoms. The van der Waals surface area contributed by atoms with Gasteiger partial charge in [-0.15, -0.1) is 0 Å². The van der Waals surface area contributed by atoms with Crippen molar-refractivity contribution in [1.29, 1.82) is 5.26 Å². The van der Waals surface area contributed by atoms with Gasteiger partial charge in [-0.05, 0) is 37.0 Å². The Morgan fingerprint density at radius 3 is 3.05 bits per heavy atom. The van der Waals surface area contributed by atoms with E-state index in [4.69, 9.17) is 11.0 Å². The first-order chi connectivity index (χ1) is 9.67. The van der Waals surface area contributed by atoms with Crippen LogP contribution in [-0.4, -0.2) is 25.0 Å². The van der Waals surface area contributed by atoms with E-state index in [0.29, 0.717) is 29.6 Å². The van der Waals surface area contributed by atoms with Gasteiger partial charge in [-0.1, -0.05) is 0 Å². The Morgan fingerprint density at radius 1 is 1.40 bits per heavy atom. The van der Waals surface area contributed by atoms with Crippen molar-refractivity contribution in [3.05, 3.63) is 23.8 Å². The lowest BCUT2D eigenvalue weighted by molar-refractivity contribution is -0.124. The number of nitrogens with one attached hydrogen (secondary N) is 1. The first-order valence-electron chi connectivity index (χ1n) is 7.01. The van der Waals surface area contributed by atoms with Gasteiger partial charge in [0.05, 0.1) is 5.56 Å². The first-order valence-corrected chi connectivity index (χ1v) is 7.01. The smallest absolute Gasteiger partial charge is 0.220 e. The normalized spacial score (nSPS) is 25.6. The van der Waals surface area contributed by atoms with Gasteiger partial charge < -0.3 is 16.0 Å². The maximum absolute atomic E-state index is 11.4. The van der Waals surface area contributed by atoms with Crippen LogP contribution in [0, 0.1) is 17.2 Å². The standard InChI is InChI=1S/C15H18N4O/c16-8-11-7-12(2-3-13(11)17)19-6-5-14-10(9-19)1-4-15(20)18-14/h2-3,7,10,14H,1,4-6,9,17H2,(H,18,20). The lowest BCUT2D eigenvalue weighted by Gasteiger charge is -2.42. The monoisotopic (exact) mass is 270 g/mol. The molecule has 2 heterocycles. The summed E-state index contributed by atoms with van der Waals surface area (Å²) in [5.74, 6) is 0.684. The molecule has 0 bridgehead atoms. The number of nitrogens with zero attached hydrogens (tertiary/aromatic N) is 2. The van der Waals surface area contributed by atoms with Gasteiger partial charge in [-0.3, -0.25) is 4.79 Å². The Kier molecular flexibility index (Phi) is 3.23. The van der Waals surface area contributed by atoms with Crippen LogP contribution in [0.25, 0.3) is 0 Å². The lowest BCUT2D eigenvalue weighted by Crippen LogP contribution is -2.54. The van der Waals surface area contributed by atoms with Crippen molar-refractivity contribution in [2.24, 2.45) is 5.92 Å². The Bertz CT molecular complexity index is 578. The predicted octanol–water partition coefficient (Wildman–Crippen LogP) is 1.25. The number of amides is 1. The van der Waals surface area contributed by atoms with E-state index < -0.39 is 0 Å². The largest absolute Gasteiger partial charge is 0.398 e. The highest BCUT2D eigenvalue weighted by molar-refractivity contribution is 5.77. The van der Waals surface area contributed by atoms with E-state index in [1.807, 2.05) is 12.1 Å². The van der Waals surface area contributed by atoms with Gasteiger partial charge in [-0.2, -0.15) is 5.26 Å². The molecule has 0 radical (unpaired) electrons. The molecule has 3 N–H and O–H groups in total. The van der Waals surface area contributed by atoms with Gasteiger partial charge in [0.15, 0.2) is 0 Å². The van der Waals surface area contributed by atoms with Crippen molar-refractivity contribution in [3.63, 3.8) is 0 Å². The molecule has 104 valence electrons. The summed E-state index contributed by atoms with van der Waals surface area (Å²) in [6, 6.07) is 8.07. The molecule has 2 fully saturated rings. The van der Waals surface area contributed by atoms with Crippen LogP contribution in [0.1, 0.15) is 24.8 Å². The number of hydrogen-bond donors (Lipinski definition) is 2. The summed E-state index contributed by atoms with van der Waals surface area (Å²) in [6.07, 6.45) is 2.54. The number of hydrogen-bond acceptors (Lipinski definition) is 4. The summed E-state index contributed by atoms with van der Waals surface area (Å²) in [5, 5.41) is 12.1. The third-order valence-corrected chi connectivity index (χ3v) is 4.35. The molecular weight excluding hydrogens is 252 g/mol.